The van der Waals surface area contributed by atoms with Crippen LogP contribution in [-0.2, 0) is 0 Å². The molecule has 0 aliphatic carbocycles. The van der Waals surface area contributed by atoms with Crippen molar-refractivity contribution in [3.05, 3.63) is 44.8 Å². The zero-order valence-electron chi connectivity index (χ0n) is 10.0. The number of nitrogens with one attached hydrogen (secondary N) is 1. The number of benzene rings is 2. The minimum absolute atomic E-state index is 0.427. The Labute approximate surface area is 129 Å². The van der Waals surface area contributed by atoms with Gasteiger partial charge < -0.3 is 15.8 Å². The first-order valence-corrected chi connectivity index (χ1v) is 6.90. The highest BCUT2D eigenvalue weighted by Gasteiger charge is 2.07. The molecule has 0 aromatic heterocycles. The van der Waals surface area contributed by atoms with E-state index in [1.54, 1.807) is 19.2 Å². The van der Waals surface area contributed by atoms with E-state index in [1.165, 1.54) is 0 Å². The fraction of sp³-hybridized carbons (Fsp3) is 0.0769. The molecule has 0 amide bonds. The molecule has 2 aromatic rings. The summed E-state index contributed by atoms with van der Waals surface area (Å²) >= 11 is 15.3. The van der Waals surface area contributed by atoms with E-state index in [0.29, 0.717) is 21.4 Å². The Bertz CT molecular complexity index is 620. The Morgan fingerprint density at radius 1 is 1.11 bits per heavy atom. The van der Waals surface area contributed by atoms with Gasteiger partial charge in [-0.1, -0.05) is 39.1 Å². The topological polar surface area (TPSA) is 47.3 Å². The first-order chi connectivity index (χ1) is 8.99. The van der Waals surface area contributed by atoms with Crippen LogP contribution in [0.15, 0.2) is 34.8 Å². The van der Waals surface area contributed by atoms with E-state index < -0.39 is 0 Å². The van der Waals surface area contributed by atoms with Gasteiger partial charge in [-0.05, 0) is 24.3 Å². The molecule has 0 saturated heterocycles. The van der Waals surface area contributed by atoms with Crippen LogP contribution in [0.5, 0.6) is 5.75 Å². The number of ether oxygens (including phenoxy) is 1. The van der Waals surface area contributed by atoms with E-state index in [2.05, 4.69) is 21.2 Å². The molecule has 0 fully saturated rings. The Balaban J connectivity index is 2.36. The van der Waals surface area contributed by atoms with Crippen molar-refractivity contribution in [2.24, 2.45) is 0 Å². The third-order valence-corrected chi connectivity index (χ3v) is 3.66. The van der Waals surface area contributed by atoms with Crippen LogP contribution in [0.1, 0.15) is 0 Å². The highest BCUT2D eigenvalue weighted by Crippen LogP contribution is 2.34. The first-order valence-electron chi connectivity index (χ1n) is 5.35. The predicted octanol–water partition coefficient (Wildman–Crippen LogP) is 5.09. The van der Waals surface area contributed by atoms with E-state index in [4.69, 9.17) is 33.7 Å². The van der Waals surface area contributed by atoms with Crippen molar-refractivity contribution in [2.45, 2.75) is 0 Å². The summed E-state index contributed by atoms with van der Waals surface area (Å²) in [4.78, 5) is 0. The van der Waals surface area contributed by atoms with Gasteiger partial charge >= 0.3 is 0 Å². The summed E-state index contributed by atoms with van der Waals surface area (Å²) in [6, 6.07) is 8.93. The second kappa shape index (κ2) is 5.90. The van der Waals surface area contributed by atoms with Gasteiger partial charge in [0.2, 0.25) is 0 Å². The molecule has 0 aliphatic heterocycles. The van der Waals surface area contributed by atoms with Crippen molar-refractivity contribution in [1.29, 1.82) is 0 Å². The maximum atomic E-state index is 5.98. The molecular formula is C13H11BrCl2N2O. The summed E-state index contributed by atoms with van der Waals surface area (Å²) in [7, 11) is 1.61. The minimum Gasteiger partial charge on any atom is -0.497 e. The minimum atomic E-state index is 0.427. The van der Waals surface area contributed by atoms with Gasteiger partial charge in [0.1, 0.15) is 5.75 Å². The smallest absolute Gasteiger partial charge is 0.122 e. The predicted molar refractivity (Wildman–Crippen MR) is 84.9 cm³/mol. The van der Waals surface area contributed by atoms with Crippen molar-refractivity contribution in [3.8, 4) is 5.75 Å². The third kappa shape index (κ3) is 3.47. The maximum Gasteiger partial charge on any atom is 0.122 e. The molecule has 100 valence electrons. The van der Waals surface area contributed by atoms with Crippen molar-refractivity contribution < 1.29 is 4.74 Å². The van der Waals surface area contributed by atoms with Crippen LogP contribution >= 0.6 is 39.1 Å². The second-order valence-electron chi connectivity index (χ2n) is 3.86. The molecule has 0 spiro atoms. The van der Waals surface area contributed by atoms with Crippen molar-refractivity contribution in [1.82, 2.24) is 0 Å². The fourth-order valence-electron chi connectivity index (χ4n) is 1.58. The van der Waals surface area contributed by atoms with Gasteiger partial charge in [-0.15, -0.1) is 0 Å². The second-order valence-corrected chi connectivity index (χ2v) is 5.59. The van der Waals surface area contributed by atoms with Crippen molar-refractivity contribution >= 4 is 56.2 Å². The van der Waals surface area contributed by atoms with E-state index >= 15 is 0 Å². The van der Waals surface area contributed by atoms with E-state index in [1.807, 2.05) is 18.2 Å². The molecule has 0 bridgehead atoms. The number of methoxy groups -OCH3 is 1. The summed E-state index contributed by atoms with van der Waals surface area (Å²) < 4.78 is 6.09. The summed E-state index contributed by atoms with van der Waals surface area (Å²) in [6.07, 6.45) is 0. The lowest BCUT2D eigenvalue weighted by Crippen LogP contribution is -1.97. The van der Waals surface area contributed by atoms with Crippen LogP contribution < -0.4 is 15.8 Å². The molecule has 0 radical (unpaired) electrons. The Morgan fingerprint density at radius 2 is 1.79 bits per heavy atom. The van der Waals surface area contributed by atoms with Crippen molar-refractivity contribution in [2.75, 3.05) is 18.2 Å². The average Bonchev–Trinajstić information content (AvgIpc) is 2.35. The lowest BCUT2D eigenvalue weighted by molar-refractivity contribution is 0.415. The number of nitrogens with two attached hydrogens (primary N) is 1. The molecule has 0 heterocycles. The lowest BCUT2D eigenvalue weighted by atomic mass is 10.2. The van der Waals surface area contributed by atoms with Gasteiger partial charge in [-0.3, -0.25) is 0 Å². The number of hydrogen-bond acceptors (Lipinski definition) is 3. The number of nitrogen functional groups attached to an aromatic ring is 1. The normalized spacial score (nSPS) is 10.3. The number of rotatable bonds is 3. The third-order valence-electron chi connectivity index (χ3n) is 2.48. The molecule has 0 aliphatic rings. The molecule has 0 unspecified atom stereocenters. The zero-order chi connectivity index (χ0) is 14.0. The fourth-order valence-corrected chi connectivity index (χ4v) is 2.39. The molecule has 0 saturated carbocycles. The van der Waals surface area contributed by atoms with Gasteiger partial charge in [0.15, 0.2) is 0 Å². The monoisotopic (exact) mass is 360 g/mol. The van der Waals surface area contributed by atoms with Gasteiger partial charge in [-0.2, -0.15) is 0 Å². The molecule has 19 heavy (non-hydrogen) atoms. The van der Waals surface area contributed by atoms with Crippen LogP contribution in [0.4, 0.5) is 17.1 Å². The molecule has 2 rings (SSSR count). The summed E-state index contributed by atoms with van der Waals surface area (Å²) in [5.41, 5.74) is 7.94. The van der Waals surface area contributed by atoms with Crippen LogP contribution in [0.3, 0.4) is 0 Å². The summed E-state index contributed by atoms with van der Waals surface area (Å²) in [5.74, 6) is 0.732. The lowest BCUT2D eigenvalue weighted by Gasteiger charge is -2.12. The van der Waals surface area contributed by atoms with Gasteiger partial charge in [-0.25, -0.2) is 0 Å². The number of halogens is 3. The van der Waals surface area contributed by atoms with Crippen LogP contribution in [0.25, 0.3) is 0 Å². The van der Waals surface area contributed by atoms with Gasteiger partial charge in [0.05, 0.1) is 28.5 Å². The van der Waals surface area contributed by atoms with Crippen LogP contribution in [-0.4, -0.2) is 7.11 Å². The molecule has 0 atom stereocenters. The van der Waals surface area contributed by atoms with Crippen LogP contribution in [0, 0.1) is 0 Å². The largest absolute Gasteiger partial charge is 0.497 e. The van der Waals surface area contributed by atoms with Gasteiger partial charge in [0.25, 0.3) is 0 Å². The van der Waals surface area contributed by atoms with E-state index in [0.717, 1.165) is 15.9 Å². The maximum absolute atomic E-state index is 5.98. The molecule has 3 N–H and O–H groups in total. The molecule has 2 aromatic carbocycles. The van der Waals surface area contributed by atoms with Gasteiger partial charge in [0, 0.05) is 16.2 Å². The SMILES string of the molecule is COc1cc(Br)cc(Nc2cc(Cl)c(Cl)cc2N)c1. The Morgan fingerprint density at radius 3 is 2.47 bits per heavy atom. The van der Waals surface area contributed by atoms with E-state index in [-0.39, 0.29) is 0 Å². The molecule has 6 heteroatoms. The number of anilines is 3. The standard InChI is InChI=1S/C13H11BrCl2N2O/c1-19-9-3-7(14)2-8(4-9)18-13-6-11(16)10(15)5-12(13)17/h2-6,18H,17H2,1H3. The Hall–Kier alpha value is -1.10. The quantitative estimate of drug-likeness (QED) is 0.748. The molecular weight excluding hydrogens is 351 g/mol. The molecule has 3 nitrogen and oxygen atoms in total. The highest BCUT2D eigenvalue weighted by molar-refractivity contribution is 9.10. The highest BCUT2D eigenvalue weighted by atomic mass is 79.9. The summed E-state index contributed by atoms with van der Waals surface area (Å²) in [6.45, 7) is 0. The average molecular weight is 362 g/mol. The van der Waals surface area contributed by atoms with Crippen molar-refractivity contribution in [3.63, 3.8) is 0 Å². The van der Waals surface area contributed by atoms with E-state index in [9.17, 15) is 0 Å². The van der Waals surface area contributed by atoms with Crippen LogP contribution in [0.2, 0.25) is 10.0 Å². The first kappa shape index (κ1) is 14.3. The Kier molecular flexibility index (Phi) is 4.45. The zero-order valence-corrected chi connectivity index (χ0v) is 13.1. The number of hydrogen-bond donors (Lipinski definition) is 2. The summed E-state index contributed by atoms with van der Waals surface area (Å²) in [5, 5.41) is 4.05.